The van der Waals surface area contributed by atoms with Crippen LogP contribution in [-0.4, -0.2) is 9.38 Å². The number of aromatic nitrogens is 2. The summed E-state index contributed by atoms with van der Waals surface area (Å²) in [6.07, 6.45) is 5.66. The molecular formula is C11H8N2. The van der Waals surface area contributed by atoms with E-state index in [0.717, 1.165) is 5.52 Å². The molecule has 2 heterocycles. The molecule has 0 radical (unpaired) electrons. The summed E-state index contributed by atoms with van der Waals surface area (Å²) in [6.45, 7) is 0. The van der Waals surface area contributed by atoms with E-state index < -0.39 is 0 Å². The van der Waals surface area contributed by atoms with Gasteiger partial charge in [0, 0.05) is 12.4 Å². The summed E-state index contributed by atoms with van der Waals surface area (Å²) in [5.41, 5.74) is 3.63. The van der Waals surface area contributed by atoms with E-state index in [2.05, 4.69) is 39.7 Å². The zero-order chi connectivity index (χ0) is 8.67. The van der Waals surface area contributed by atoms with Crippen molar-refractivity contribution < 1.29 is 0 Å². The van der Waals surface area contributed by atoms with Gasteiger partial charge in [0.1, 0.15) is 0 Å². The summed E-state index contributed by atoms with van der Waals surface area (Å²) >= 11 is 0. The van der Waals surface area contributed by atoms with Crippen molar-refractivity contribution in [2.45, 2.75) is 0 Å². The number of hydrogen-bond donors (Lipinski definition) is 0. The Bertz CT molecular complexity index is 525. The van der Waals surface area contributed by atoms with Gasteiger partial charge in [-0.15, -0.1) is 0 Å². The highest BCUT2D eigenvalue weighted by Gasteiger charge is 2.03. The molecule has 1 aliphatic carbocycles. The molecule has 2 aliphatic rings. The van der Waals surface area contributed by atoms with Crippen LogP contribution in [0.3, 0.4) is 0 Å². The maximum atomic E-state index is 4.08. The molecule has 0 unspecified atom stereocenters. The van der Waals surface area contributed by atoms with Crippen molar-refractivity contribution in [1.82, 2.24) is 9.38 Å². The van der Waals surface area contributed by atoms with Crippen LogP contribution in [0.5, 0.6) is 0 Å². The average molecular weight is 168 g/mol. The van der Waals surface area contributed by atoms with Crippen molar-refractivity contribution in [3.8, 4) is 11.3 Å². The van der Waals surface area contributed by atoms with Gasteiger partial charge in [-0.25, -0.2) is 0 Å². The zero-order valence-corrected chi connectivity index (χ0v) is 7.01. The monoisotopic (exact) mass is 168 g/mol. The van der Waals surface area contributed by atoms with Gasteiger partial charge in [0.15, 0.2) is 0 Å². The highest BCUT2D eigenvalue weighted by atomic mass is 14.9. The number of rotatable bonds is 0. The summed E-state index contributed by atoms with van der Waals surface area (Å²) in [6, 6.07) is 10.5. The normalized spacial score (nSPS) is 11.1. The molecule has 0 saturated carbocycles. The van der Waals surface area contributed by atoms with Crippen molar-refractivity contribution in [3.05, 3.63) is 48.9 Å². The lowest BCUT2D eigenvalue weighted by atomic mass is 10.2. The molecule has 1 aliphatic heterocycles. The Kier molecular flexibility index (Phi) is 1.19. The lowest BCUT2D eigenvalue weighted by molar-refractivity contribution is 1.12. The smallest absolute Gasteiger partial charge is 0.0639 e. The fourth-order valence-corrected chi connectivity index (χ4v) is 1.68. The van der Waals surface area contributed by atoms with Gasteiger partial charge in [0.05, 0.1) is 17.4 Å². The van der Waals surface area contributed by atoms with Crippen LogP contribution in [-0.2, 0) is 0 Å². The first-order chi connectivity index (χ1) is 6.45. The molecule has 1 aromatic rings. The molecule has 0 spiro atoms. The summed E-state index contributed by atoms with van der Waals surface area (Å²) < 4.78 is 2.14. The lowest BCUT2D eigenvalue weighted by Gasteiger charge is -2.06. The van der Waals surface area contributed by atoms with E-state index in [1.807, 2.05) is 12.4 Å². The van der Waals surface area contributed by atoms with E-state index in [9.17, 15) is 0 Å². The molecule has 0 fully saturated rings. The molecule has 3 rings (SSSR count). The first-order valence-corrected chi connectivity index (χ1v) is 4.25. The molecular weight excluding hydrogens is 160 g/mol. The molecule has 0 aromatic carbocycles. The average Bonchev–Trinajstić information content (AvgIpc) is 2.65. The van der Waals surface area contributed by atoms with E-state index in [0.29, 0.717) is 0 Å². The second-order valence-electron chi connectivity index (χ2n) is 3.07. The highest BCUT2D eigenvalue weighted by Crippen LogP contribution is 2.23. The molecule has 0 amide bonds. The van der Waals surface area contributed by atoms with Crippen molar-refractivity contribution in [1.29, 1.82) is 0 Å². The standard InChI is InChI=1S/C11H8N2/c1-2-9-4-5-10-8-12-6-7-13(10)11(9)3-1/h1-8H. The second kappa shape index (κ2) is 2.33. The predicted octanol–water partition coefficient (Wildman–Crippen LogP) is 2.44. The van der Waals surface area contributed by atoms with Gasteiger partial charge >= 0.3 is 0 Å². The molecule has 2 nitrogen and oxygen atoms in total. The summed E-state index contributed by atoms with van der Waals surface area (Å²) in [5, 5.41) is 0. The van der Waals surface area contributed by atoms with Crippen LogP contribution in [0.15, 0.2) is 48.9 Å². The fourth-order valence-electron chi connectivity index (χ4n) is 1.68. The van der Waals surface area contributed by atoms with E-state index >= 15 is 0 Å². The van der Waals surface area contributed by atoms with Crippen LogP contribution in [0.25, 0.3) is 16.8 Å². The van der Waals surface area contributed by atoms with Crippen LogP contribution in [0, 0.1) is 0 Å². The SMILES string of the molecule is c1cc2ccc3cnccn3c-2c1. The minimum absolute atomic E-state index is 1.13. The molecule has 1 aromatic heterocycles. The van der Waals surface area contributed by atoms with Crippen molar-refractivity contribution in [2.24, 2.45) is 0 Å². The summed E-state index contributed by atoms with van der Waals surface area (Å²) in [4.78, 5) is 4.08. The molecule has 0 atom stereocenters. The summed E-state index contributed by atoms with van der Waals surface area (Å²) in [5.74, 6) is 0. The number of hydrogen-bond acceptors (Lipinski definition) is 1. The van der Waals surface area contributed by atoms with Gasteiger partial charge in [0.25, 0.3) is 0 Å². The van der Waals surface area contributed by atoms with E-state index in [-0.39, 0.29) is 0 Å². The topological polar surface area (TPSA) is 17.3 Å². The number of nitrogens with zero attached hydrogens (tertiary/aromatic N) is 2. The Hall–Kier alpha value is -1.83. The van der Waals surface area contributed by atoms with Crippen LogP contribution in [0.4, 0.5) is 0 Å². The van der Waals surface area contributed by atoms with Gasteiger partial charge < -0.3 is 4.40 Å². The maximum absolute atomic E-state index is 4.08. The Morgan fingerprint density at radius 1 is 1.08 bits per heavy atom. The Morgan fingerprint density at radius 2 is 2.08 bits per heavy atom. The number of fused-ring (bicyclic) bond motifs is 3. The van der Waals surface area contributed by atoms with Gasteiger partial charge in [-0.2, -0.15) is 0 Å². The second-order valence-corrected chi connectivity index (χ2v) is 3.07. The van der Waals surface area contributed by atoms with Crippen molar-refractivity contribution in [2.75, 3.05) is 0 Å². The molecule has 13 heavy (non-hydrogen) atoms. The summed E-state index contributed by atoms with van der Waals surface area (Å²) in [7, 11) is 0. The quantitative estimate of drug-likeness (QED) is 0.504. The van der Waals surface area contributed by atoms with Gasteiger partial charge in [-0.05, 0) is 17.7 Å². The first kappa shape index (κ1) is 6.66. The molecule has 62 valence electrons. The Labute approximate surface area is 75.8 Å². The molecule has 0 saturated heterocycles. The minimum Gasteiger partial charge on any atom is -0.314 e. The first-order valence-electron chi connectivity index (χ1n) is 4.25. The minimum atomic E-state index is 1.13. The van der Waals surface area contributed by atoms with Gasteiger partial charge in [0.2, 0.25) is 0 Å². The van der Waals surface area contributed by atoms with E-state index in [4.69, 9.17) is 0 Å². The lowest BCUT2D eigenvalue weighted by Crippen LogP contribution is -1.92. The van der Waals surface area contributed by atoms with Crippen LogP contribution in [0.2, 0.25) is 0 Å². The largest absolute Gasteiger partial charge is 0.314 e. The Balaban J connectivity index is 2.57. The van der Waals surface area contributed by atoms with Crippen LogP contribution >= 0.6 is 0 Å². The van der Waals surface area contributed by atoms with Crippen molar-refractivity contribution in [3.63, 3.8) is 0 Å². The maximum Gasteiger partial charge on any atom is 0.0639 e. The van der Waals surface area contributed by atoms with E-state index in [1.54, 1.807) is 6.20 Å². The highest BCUT2D eigenvalue weighted by molar-refractivity contribution is 5.68. The molecule has 0 N–H and O–H groups in total. The predicted molar refractivity (Wildman–Crippen MR) is 51.8 cm³/mol. The third-order valence-electron chi connectivity index (χ3n) is 2.31. The van der Waals surface area contributed by atoms with E-state index in [1.165, 1.54) is 11.3 Å². The molecule has 0 bridgehead atoms. The zero-order valence-electron chi connectivity index (χ0n) is 7.01. The molecule has 2 heteroatoms. The van der Waals surface area contributed by atoms with Crippen LogP contribution in [0.1, 0.15) is 0 Å². The third-order valence-corrected chi connectivity index (χ3v) is 2.31. The third kappa shape index (κ3) is 0.855. The Morgan fingerprint density at radius 3 is 3.08 bits per heavy atom. The van der Waals surface area contributed by atoms with Gasteiger partial charge in [-0.1, -0.05) is 18.2 Å². The number of pyridine rings is 1. The van der Waals surface area contributed by atoms with Gasteiger partial charge in [-0.3, -0.25) is 4.98 Å². The fraction of sp³-hybridized carbons (Fsp3) is 0. The van der Waals surface area contributed by atoms with Crippen molar-refractivity contribution >= 4 is 5.52 Å². The van der Waals surface area contributed by atoms with Crippen LogP contribution < -0.4 is 0 Å².